The molecule has 0 aromatic rings. The Hall–Kier alpha value is -0.420. The van der Waals surface area contributed by atoms with Crippen LogP contribution in [-0.2, 0) is 15.9 Å². The average Bonchev–Trinajstić information content (AvgIpc) is 2.07. The predicted octanol–water partition coefficient (Wildman–Crippen LogP) is 3.20. The molecule has 20 heavy (non-hydrogen) atoms. The molecule has 2 atom stereocenters. The van der Waals surface area contributed by atoms with Gasteiger partial charge in [-0.25, -0.2) is 4.21 Å². The van der Waals surface area contributed by atoms with Gasteiger partial charge in [0.2, 0.25) is 5.91 Å². The van der Waals surface area contributed by atoms with Gasteiger partial charge in [0.25, 0.3) is 0 Å². The molecule has 0 aliphatic rings. The molecule has 0 heterocycles. The Kier molecular flexibility index (Phi) is 6.42. The molecule has 0 rings (SSSR count). The third-order valence-corrected chi connectivity index (χ3v) is 4.09. The second-order valence-corrected chi connectivity index (χ2v) is 9.45. The van der Waals surface area contributed by atoms with Crippen LogP contribution in [0, 0.1) is 16.7 Å². The van der Waals surface area contributed by atoms with Gasteiger partial charge in [-0.3, -0.25) is 4.79 Å². The molecular weight excluding hydrogens is 274 g/mol. The molecule has 0 fully saturated rings. The summed E-state index contributed by atoms with van der Waals surface area (Å²) in [6, 6.07) is 0. The summed E-state index contributed by atoms with van der Waals surface area (Å²) in [6.45, 7) is 16.1. The highest BCUT2D eigenvalue weighted by Gasteiger charge is 2.36. The topological polar surface area (TPSA) is 66.4 Å². The summed E-state index contributed by atoms with van der Waals surface area (Å²) in [6.07, 6.45) is 0.778. The summed E-state index contributed by atoms with van der Waals surface area (Å²) in [4.78, 5) is 12.6. The molecule has 2 unspecified atom stereocenters. The molecule has 4 nitrogen and oxygen atoms in total. The number of carbonyl (C=O) groups excluding carboxylic acids is 1. The van der Waals surface area contributed by atoms with E-state index in [4.69, 9.17) is 4.55 Å². The smallest absolute Gasteiger partial charge is 0.224 e. The van der Waals surface area contributed by atoms with Gasteiger partial charge in [0, 0.05) is 11.5 Å². The number of nitrogens with one attached hydrogen (secondary N) is 1. The molecule has 0 aliphatic carbocycles. The number of hydrogen-bond acceptors (Lipinski definition) is 2. The van der Waals surface area contributed by atoms with Crippen molar-refractivity contribution < 1.29 is 13.6 Å². The van der Waals surface area contributed by atoms with E-state index in [-0.39, 0.29) is 28.4 Å². The van der Waals surface area contributed by atoms with Crippen molar-refractivity contribution in [2.45, 2.75) is 67.3 Å². The molecule has 0 radical (unpaired) electrons. The fourth-order valence-electron chi connectivity index (χ4n) is 2.17. The molecule has 2 N–H and O–H groups in total. The lowest BCUT2D eigenvalue weighted by Gasteiger charge is -2.37. The van der Waals surface area contributed by atoms with E-state index in [1.807, 2.05) is 0 Å². The molecule has 0 aliphatic heterocycles. The standard InChI is InChI=1S/C15H31NO3S/c1-13(2,3)9-11(14(4,5)6)12(17)16-15(7,8)10-20(18)19/h11H,9-10H2,1-8H3,(H,16,17)(H,18,19). The lowest BCUT2D eigenvalue weighted by molar-refractivity contribution is -0.131. The zero-order valence-electron chi connectivity index (χ0n) is 14.2. The monoisotopic (exact) mass is 305 g/mol. The second-order valence-electron chi connectivity index (χ2n) is 8.52. The first kappa shape index (κ1) is 19.6. The van der Waals surface area contributed by atoms with Gasteiger partial charge >= 0.3 is 0 Å². The first-order valence-corrected chi connectivity index (χ1v) is 8.31. The summed E-state index contributed by atoms with van der Waals surface area (Å²) < 4.78 is 20.0. The van der Waals surface area contributed by atoms with E-state index >= 15 is 0 Å². The first-order chi connectivity index (χ1) is 8.64. The third-order valence-electron chi connectivity index (χ3n) is 3.12. The van der Waals surface area contributed by atoms with Crippen LogP contribution in [0.25, 0.3) is 0 Å². The van der Waals surface area contributed by atoms with Gasteiger partial charge in [0.15, 0.2) is 11.1 Å². The molecule has 0 aromatic heterocycles. The zero-order valence-corrected chi connectivity index (χ0v) is 15.0. The summed E-state index contributed by atoms with van der Waals surface area (Å²) in [5, 5.41) is 2.92. The van der Waals surface area contributed by atoms with Crippen molar-refractivity contribution in [1.29, 1.82) is 0 Å². The molecule has 0 saturated heterocycles. The van der Waals surface area contributed by atoms with Crippen LogP contribution in [-0.4, -0.2) is 26.0 Å². The molecule has 0 saturated carbocycles. The van der Waals surface area contributed by atoms with E-state index in [1.54, 1.807) is 13.8 Å². The van der Waals surface area contributed by atoms with Gasteiger partial charge < -0.3 is 9.87 Å². The van der Waals surface area contributed by atoms with Crippen LogP contribution >= 0.6 is 0 Å². The molecule has 0 spiro atoms. The van der Waals surface area contributed by atoms with E-state index in [9.17, 15) is 9.00 Å². The lowest BCUT2D eigenvalue weighted by Crippen LogP contribution is -2.52. The molecular formula is C15H31NO3S. The maximum Gasteiger partial charge on any atom is 0.224 e. The van der Waals surface area contributed by atoms with Crippen molar-refractivity contribution >= 4 is 17.0 Å². The maximum absolute atomic E-state index is 12.6. The van der Waals surface area contributed by atoms with Crippen LogP contribution < -0.4 is 5.32 Å². The van der Waals surface area contributed by atoms with Crippen LogP contribution in [0.1, 0.15) is 61.8 Å². The third kappa shape index (κ3) is 8.00. The minimum atomic E-state index is -1.92. The Morgan fingerprint density at radius 2 is 1.55 bits per heavy atom. The molecule has 120 valence electrons. The fourth-order valence-corrected chi connectivity index (χ4v) is 2.86. The van der Waals surface area contributed by atoms with Gasteiger partial charge in [0.1, 0.15) is 0 Å². The summed E-state index contributed by atoms with van der Waals surface area (Å²) in [5.41, 5.74) is -0.775. The van der Waals surface area contributed by atoms with Gasteiger partial charge in [-0.2, -0.15) is 0 Å². The van der Waals surface area contributed by atoms with Gasteiger partial charge in [-0.05, 0) is 31.1 Å². The largest absolute Gasteiger partial charge is 0.350 e. The Bertz CT molecular complexity index is 364. The Morgan fingerprint density at radius 1 is 1.10 bits per heavy atom. The first-order valence-electron chi connectivity index (χ1n) is 7.03. The molecule has 0 aromatic carbocycles. The van der Waals surface area contributed by atoms with Crippen LogP contribution in [0.4, 0.5) is 0 Å². The van der Waals surface area contributed by atoms with Gasteiger partial charge in [-0.1, -0.05) is 41.5 Å². The van der Waals surface area contributed by atoms with Crippen molar-refractivity contribution in [3.05, 3.63) is 0 Å². The number of amides is 1. The van der Waals surface area contributed by atoms with Crippen molar-refractivity contribution in [3.63, 3.8) is 0 Å². The predicted molar refractivity (Wildman–Crippen MR) is 84.9 cm³/mol. The second kappa shape index (κ2) is 6.56. The van der Waals surface area contributed by atoms with Crippen LogP contribution in [0.15, 0.2) is 0 Å². The van der Waals surface area contributed by atoms with Crippen molar-refractivity contribution in [1.82, 2.24) is 5.32 Å². The number of hydrogen-bond donors (Lipinski definition) is 2. The summed E-state index contributed by atoms with van der Waals surface area (Å²) in [5.74, 6) is -0.137. The highest BCUT2D eigenvalue weighted by molar-refractivity contribution is 7.79. The van der Waals surface area contributed by atoms with Crippen molar-refractivity contribution in [2.75, 3.05) is 5.75 Å². The minimum Gasteiger partial charge on any atom is -0.350 e. The SMILES string of the molecule is CC(C)(C)CC(C(=O)NC(C)(C)CS(=O)O)C(C)(C)C. The van der Waals surface area contributed by atoms with E-state index in [1.165, 1.54) is 0 Å². The Labute approximate surface area is 126 Å². The van der Waals surface area contributed by atoms with E-state index < -0.39 is 16.6 Å². The van der Waals surface area contributed by atoms with E-state index in [2.05, 4.69) is 46.9 Å². The zero-order chi connectivity index (χ0) is 16.4. The van der Waals surface area contributed by atoms with Crippen LogP contribution in [0.2, 0.25) is 0 Å². The fraction of sp³-hybridized carbons (Fsp3) is 0.933. The number of rotatable bonds is 5. The average molecular weight is 305 g/mol. The summed E-state index contributed by atoms with van der Waals surface area (Å²) >= 11 is -1.92. The van der Waals surface area contributed by atoms with Gasteiger partial charge in [0.05, 0.1) is 5.75 Å². The summed E-state index contributed by atoms with van der Waals surface area (Å²) in [7, 11) is 0. The highest BCUT2D eigenvalue weighted by atomic mass is 32.2. The number of carbonyl (C=O) groups is 1. The highest BCUT2D eigenvalue weighted by Crippen LogP contribution is 2.36. The Balaban J connectivity index is 5.03. The molecule has 0 bridgehead atoms. The van der Waals surface area contributed by atoms with E-state index in [0.717, 1.165) is 6.42 Å². The Morgan fingerprint density at radius 3 is 1.85 bits per heavy atom. The molecule has 5 heteroatoms. The molecule has 1 amide bonds. The van der Waals surface area contributed by atoms with E-state index in [0.29, 0.717) is 0 Å². The minimum absolute atomic E-state index is 0.0329. The van der Waals surface area contributed by atoms with Crippen LogP contribution in [0.5, 0.6) is 0 Å². The lowest BCUT2D eigenvalue weighted by atomic mass is 9.71. The van der Waals surface area contributed by atoms with Crippen molar-refractivity contribution in [3.8, 4) is 0 Å². The quantitative estimate of drug-likeness (QED) is 0.767. The normalized spacial score (nSPS) is 16.6. The maximum atomic E-state index is 12.6. The van der Waals surface area contributed by atoms with Crippen LogP contribution in [0.3, 0.4) is 0 Å². The van der Waals surface area contributed by atoms with Gasteiger partial charge in [-0.15, -0.1) is 0 Å². The van der Waals surface area contributed by atoms with Crippen molar-refractivity contribution in [2.24, 2.45) is 16.7 Å².